The fourth-order valence-electron chi connectivity index (χ4n) is 0.804. The number of hydrogen-bond donors (Lipinski definition) is 1. The van der Waals surface area contributed by atoms with Crippen molar-refractivity contribution in [2.45, 2.75) is 6.42 Å². The monoisotopic (exact) mass is 153 g/mol. The summed E-state index contributed by atoms with van der Waals surface area (Å²) >= 11 is 0. The van der Waals surface area contributed by atoms with Crippen molar-refractivity contribution in [1.29, 1.82) is 0 Å². The normalized spacial score (nSPS) is 9.45. The highest BCUT2D eigenvalue weighted by Crippen LogP contribution is 1.99. The zero-order valence-corrected chi connectivity index (χ0v) is 5.73. The molecule has 1 aromatic rings. The Kier molecular flexibility index (Phi) is 2.06. The van der Waals surface area contributed by atoms with Gasteiger partial charge in [0, 0.05) is 12.4 Å². The van der Waals surface area contributed by atoms with Crippen LogP contribution in [0.5, 0.6) is 0 Å². The molecule has 11 heavy (non-hydrogen) atoms. The van der Waals surface area contributed by atoms with E-state index < -0.39 is 5.97 Å². The lowest BCUT2D eigenvalue weighted by molar-refractivity contribution is -0.136. The average molecular weight is 153 g/mol. The van der Waals surface area contributed by atoms with Crippen LogP contribution < -0.4 is 0 Å². The van der Waals surface area contributed by atoms with Crippen LogP contribution in [0.15, 0.2) is 18.5 Å². The van der Waals surface area contributed by atoms with Crippen molar-refractivity contribution in [2.75, 3.05) is 0 Å². The maximum absolute atomic E-state index is 10.2. The number of rotatable bonds is 3. The Balaban J connectivity index is 2.72. The number of nitrogens with zero attached hydrogens (tertiary/aromatic N) is 1. The van der Waals surface area contributed by atoms with E-state index >= 15 is 0 Å². The Morgan fingerprint density at radius 1 is 1.73 bits per heavy atom. The lowest BCUT2D eigenvalue weighted by Gasteiger charge is -1.87. The number of carboxylic acids is 1. The second-order valence-corrected chi connectivity index (χ2v) is 2.14. The highest BCUT2D eigenvalue weighted by atomic mass is 16.4. The zero-order chi connectivity index (χ0) is 8.27. The van der Waals surface area contributed by atoms with Gasteiger partial charge in [-0.3, -0.25) is 14.2 Å². The molecule has 0 atom stereocenters. The molecule has 0 saturated heterocycles. The first kappa shape index (κ1) is 7.53. The van der Waals surface area contributed by atoms with Crippen molar-refractivity contribution < 1.29 is 14.7 Å². The van der Waals surface area contributed by atoms with E-state index in [1.54, 1.807) is 6.07 Å². The predicted octanol–water partition coefficient (Wildman–Crippen LogP) is 0.154. The third-order valence-corrected chi connectivity index (χ3v) is 1.25. The maximum Gasteiger partial charge on any atom is 0.307 e. The van der Waals surface area contributed by atoms with Crippen LogP contribution in [-0.2, 0) is 16.0 Å². The van der Waals surface area contributed by atoms with E-state index in [9.17, 15) is 9.59 Å². The lowest BCUT2D eigenvalue weighted by atomic mass is 10.2. The zero-order valence-electron chi connectivity index (χ0n) is 5.73. The van der Waals surface area contributed by atoms with Gasteiger partial charge in [0.1, 0.15) is 0 Å². The second kappa shape index (κ2) is 3.01. The van der Waals surface area contributed by atoms with Gasteiger partial charge in [-0.2, -0.15) is 0 Å². The molecule has 1 heterocycles. The van der Waals surface area contributed by atoms with Crippen LogP contribution in [0.1, 0.15) is 5.56 Å². The summed E-state index contributed by atoms with van der Waals surface area (Å²) in [6.07, 6.45) is 3.58. The van der Waals surface area contributed by atoms with Crippen molar-refractivity contribution in [3.05, 3.63) is 24.0 Å². The third-order valence-electron chi connectivity index (χ3n) is 1.25. The molecule has 0 spiro atoms. The first-order valence-corrected chi connectivity index (χ1v) is 3.06. The molecule has 0 aromatic carbocycles. The van der Waals surface area contributed by atoms with Gasteiger partial charge in [0.05, 0.1) is 6.42 Å². The Morgan fingerprint density at radius 2 is 2.45 bits per heavy atom. The quantitative estimate of drug-likeness (QED) is 0.629. The summed E-state index contributed by atoms with van der Waals surface area (Å²) in [6.45, 7) is 0. The molecule has 1 rings (SSSR count). The van der Waals surface area contributed by atoms with Crippen LogP contribution >= 0.6 is 0 Å². The molecule has 0 aliphatic carbocycles. The van der Waals surface area contributed by atoms with E-state index in [1.165, 1.54) is 17.0 Å². The number of carboxylic acid groups (broad SMARTS) is 1. The van der Waals surface area contributed by atoms with Crippen LogP contribution in [0.25, 0.3) is 0 Å². The molecule has 0 aliphatic heterocycles. The van der Waals surface area contributed by atoms with Crippen LogP contribution in [-0.4, -0.2) is 22.1 Å². The number of carbonyl (C=O) groups excluding carboxylic acids is 1. The number of carbonyl (C=O) groups is 2. The summed E-state index contributed by atoms with van der Waals surface area (Å²) in [5.74, 6) is -0.895. The van der Waals surface area contributed by atoms with Gasteiger partial charge >= 0.3 is 5.97 Å². The molecule has 4 nitrogen and oxygen atoms in total. The molecule has 4 heteroatoms. The number of aromatic nitrogens is 1. The molecule has 0 bridgehead atoms. The van der Waals surface area contributed by atoms with Gasteiger partial charge in [0.25, 0.3) is 0 Å². The fraction of sp³-hybridized carbons (Fsp3) is 0.143. The molecule has 0 unspecified atom stereocenters. The maximum atomic E-state index is 10.2. The third kappa shape index (κ3) is 1.93. The molecule has 58 valence electrons. The van der Waals surface area contributed by atoms with Crippen molar-refractivity contribution in [2.24, 2.45) is 0 Å². The van der Waals surface area contributed by atoms with Gasteiger partial charge in [-0.15, -0.1) is 0 Å². The minimum atomic E-state index is -0.895. The van der Waals surface area contributed by atoms with E-state index in [-0.39, 0.29) is 6.42 Å². The summed E-state index contributed by atoms with van der Waals surface area (Å²) < 4.78 is 1.28. The van der Waals surface area contributed by atoms with E-state index in [1.807, 2.05) is 0 Å². The summed E-state index contributed by atoms with van der Waals surface area (Å²) in [7, 11) is 0. The van der Waals surface area contributed by atoms with Crippen molar-refractivity contribution in [1.82, 2.24) is 4.57 Å². The van der Waals surface area contributed by atoms with Gasteiger partial charge < -0.3 is 5.11 Å². The average Bonchev–Trinajstić information content (AvgIpc) is 2.34. The molecule has 0 radical (unpaired) electrons. The Morgan fingerprint density at radius 3 is 2.91 bits per heavy atom. The first-order chi connectivity index (χ1) is 5.22. The summed E-state index contributed by atoms with van der Waals surface area (Å²) in [6, 6.07) is 1.60. The van der Waals surface area contributed by atoms with Crippen molar-refractivity contribution in [3.8, 4) is 0 Å². The first-order valence-electron chi connectivity index (χ1n) is 3.06. The standard InChI is InChI=1S/C7H7NO3/c9-5-8-2-1-6(4-8)3-7(10)11/h1-2,4-5H,3H2,(H,10,11). The SMILES string of the molecule is O=Cn1ccc(CC(=O)O)c1. The smallest absolute Gasteiger partial charge is 0.307 e. The van der Waals surface area contributed by atoms with Crippen LogP contribution in [0.3, 0.4) is 0 Å². The van der Waals surface area contributed by atoms with Crippen molar-refractivity contribution in [3.63, 3.8) is 0 Å². The summed E-state index contributed by atoms with van der Waals surface area (Å²) in [5.41, 5.74) is 0.629. The van der Waals surface area contributed by atoms with Gasteiger partial charge in [-0.25, -0.2) is 0 Å². The summed E-state index contributed by atoms with van der Waals surface area (Å²) in [4.78, 5) is 20.3. The topological polar surface area (TPSA) is 59.3 Å². The molecule has 0 fully saturated rings. The Labute approximate surface area is 63.1 Å². The Bertz CT molecular complexity index is 277. The van der Waals surface area contributed by atoms with E-state index in [0.717, 1.165) is 0 Å². The molecule has 0 aliphatic rings. The minimum absolute atomic E-state index is 0.0408. The van der Waals surface area contributed by atoms with Gasteiger partial charge in [-0.1, -0.05) is 0 Å². The summed E-state index contributed by atoms with van der Waals surface area (Å²) in [5, 5.41) is 8.35. The van der Waals surface area contributed by atoms with E-state index in [0.29, 0.717) is 12.0 Å². The van der Waals surface area contributed by atoms with Crippen LogP contribution in [0.4, 0.5) is 0 Å². The highest BCUT2D eigenvalue weighted by molar-refractivity contribution is 5.70. The number of aliphatic carboxylic acids is 1. The molecule has 0 saturated carbocycles. The number of hydrogen-bond acceptors (Lipinski definition) is 2. The predicted molar refractivity (Wildman–Crippen MR) is 37.9 cm³/mol. The highest BCUT2D eigenvalue weighted by Gasteiger charge is 2.00. The molecule has 1 aromatic heterocycles. The molecular formula is C7H7NO3. The van der Waals surface area contributed by atoms with E-state index in [2.05, 4.69) is 0 Å². The molecule has 1 N–H and O–H groups in total. The fourth-order valence-corrected chi connectivity index (χ4v) is 0.804. The van der Waals surface area contributed by atoms with Gasteiger partial charge in [-0.05, 0) is 11.6 Å². The van der Waals surface area contributed by atoms with Crippen molar-refractivity contribution >= 4 is 12.4 Å². The molecular weight excluding hydrogens is 146 g/mol. The molecule has 0 amide bonds. The van der Waals surface area contributed by atoms with Crippen LogP contribution in [0.2, 0.25) is 0 Å². The minimum Gasteiger partial charge on any atom is -0.481 e. The Hall–Kier alpha value is -1.58. The largest absolute Gasteiger partial charge is 0.481 e. The van der Waals surface area contributed by atoms with Crippen LogP contribution in [0, 0.1) is 0 Å². The second-order valence-electron chi connectivity index (χ2n) is 2.14. The lowest BCUT2D eigenvalue weighted by Crippen LogP contribution is -1.98. The van der Waals surface area contributed by atoms with Gasteiger partial charge in [0.15, 0.2) is 0 Å². The van der Waals surface area contributed by atoms with E-state index in [4.69, 9.17) is 5.11 Å². The van der Waals surface area contributed by atoms with Gasteiger partial charge in [0.2, 0.25) is 6.41 Å².